The standard InChI is InChI=1S/C10H7BrFN/c11-5-8-9-6-13-4-3-7(9)1-2-10(8)12/h1-4,6H,5H2. The molecule has 0 radical (unpaired) electrons. The predicted octanol–water partition coefficient (Wildman–Crippen LogP) is 3.27. The van der Waals surface area contributed by atoms with Crippen molar-refractivity contribution in [3.63, 3.8) is 0 Å². The number of rotatable bonds is 1. The molecule has 13 heavy (non-hydrogen) atoms. The summed E-state index contributed by atoms with van der Waals surface area (Å²) in [4.78, 5) is 3.98. The van der Waals surface area contributed by atoms with Gasteiger partial charge in [-0.1, -0.05) is 22.0 Å². The Morgan fingerprint density at radius 2 is 2.15 bits per heavy atom. The quantitative estimate of drug-likeness (QED) is 0.697. The number of fused-ring (bicyclic) bond motifs is 1. The molecule has 0 unspecified atom stereocenters. The molecule has 1 heterocycles. The summed E-state index contributed by atoms with van der Waals surface area (Å²) in [6.07, 6.45) is 3.40. The summed E-state index contributed by atoms with van der Waals surface area (Å²) in [5.74, 6) is -0.183. The first-order chi connectivity index (χ1) is 6.33. The Balaban J connectivity index is 2.84. The molecular weight excluding hydrogens is 233 g/mol. The average Bonchev–Trinajstić information content (AvgIpc) is 2.18. The van der Waals surface area contributed by atoms with Gasteiger partial charge in [0, 0.05) is 28.7 Å². The van der Waals surface area contributed by atoms with Crippen molar-refractivity contribution in [1.29, 1.82) is 0 Å². The second-order valence-electron chi connectivity index (χ2n) is 2.76. The Morgan fingerprint density at radius 1 is 1.31 bits per heavy atom. The molecule has 0 fully saturated rings. The molecule has 0 saturated heterocycles. The maximum Gasteiger partial charge on any atom is 0.127 e. The van der Waals surface area contributed by atoms with Gasteiger partial charge in [0.05, 0.1) is 0 Å². The Hall–Kier alpha value is -0.960. The molecule has 0 amide bonds. The first-order valence-electron chi connectivity index (χ1n) is 3.90. The lowest BCUT2D eigenvalue weighted by Gasteiger charge is -2.03. The molecule has 0 aliphatic heterocycles. The van der Waals surface area contributed by atoms with Crippen LogP contribution in [0.25, 0.3) is 10.8 Å². The third kappa shape index (κ3) is 1.44. The monoisotopic (exact) mass is 239 g/mol. The van der Waals surface area contributed by atoms with Gasteiger partial charge in [0.25, 0.3) is 0 Å². The summed E-state index contributed by atoms with van der Waals surface area (Å²) in [6, 6.07) is 5.12. The lowest BCUT2D eigenvalue weighted by molar-refractivity contribution is 0.620. The summed E-state index contributed by atoms with van der Waals surface area (Å²) in [5.41, 5.74) is 0.672. The molecule has 2 rings (SSSR count). The van der Waals surface area contributed by atoms with Crippen molar-refractivity contribution in [1.82, 2.24) is 4.98 Å². The highest BCUT2D eigenvalue weighted by Gasteiger charge is 2.05. The minimum Gasteiger partial charge on any atom is -0.264 e. The van der Waals surface area contributed by atoms with Gasteiger partial charge < -0.3 is 0 Å². The third-order valence-corrected chi connectivity index (χ3v) is 2.57. The smallest absolute Gasteiger partial charge is 0.127 e. The largest absolute Gasteiger partial charge is 0.264 e. The molecule has 0 atom stereocenters. The normalized spacial score (nSPS) is 10.6. The summed E-state index contributed by atoms with van der Waals surface area (Å²) < 4.78 is 13.3. The zero-order valence-corrected chi connectivity index (χ0v) is 8.38. The van der Waals surface area contributed by atoms with Crippen LogP contribution >= 0.6 is 15.9 Å². The minimum atomic E-state index is -0.183. The number of aromatic nitrogens is 1. The molecular formula is C10H7BrFN. The van der Waals surface area contributed by atoms with E-state index in [1.54, 1.807) is 18.5 Å². The fourth-order valence-corrected chi connectivity index (χ4v) is 1.90. The fourth-order valence-electron chi connectivity index (χ4n) is 1.33. The second kappa shape index (κ2) is 3.42. The van der Waals surface area contributed by atoms with Gasteiger partial charge in [-0.15, -0.1) is 0 Å². The van der Waals surface area contributed by atoms with Crippen LogP contribution in [-0.2, 0) is 5.33 Å². The highest BCUT2D eigenvalue weighted by Crippen LogP contribution is 2.22. The molecule has 2 aromatic rings. The summed E-state index contributed by atoms with van der Waals surface area (Å²) >= 11 is 3.26. The first kappa shape index (κ1) is 8.63. The van der Waals surface area contributed by atoms with Crippen LogP contribution in [0, 0.1) is 5.82 Å². The van der Waals surface area contributed by atoms with Crippen LogP contribution < -0.4 is 0 Å². The van der Waals surface area contributed by atoms with E-state index in [0.29, 0.717) is 10.9 Å². The molecule has 1 aromatic heterocycles. The van der Waals surface area contributed by atoms with Gasteiger partial charge in [-0.3, -0.25) is 4.98 Å². The van der Waals surface area contributed by atoms with Crippen molar-refractivity contribution in [2.24, 2.45) is 0 Å². The van der Waals surface area contributed by atoms with Gasteiger partial charge in [-0.25, -0.2) is 4.39 Å². The maximum absolute atomic E-state index is 13.3. The van der Waals surface area contributed by atoms with Gasteiger partial charge in [-0.2, -0.15) is 0 Å². The van der Waals surface area contributed by atoms with Crippen LogP contribution in [0.2, 0.25) is 0 Å². The van der Waals surface area contributed by atoms with E-state index >= 15 is 0 Å². The van der Waals surface area contributed by atoms with E-state index in [1.807, 2.05) is 6.07 Å². The topological polar surface area (TPSA) is 12.9 Å². The van der Waals surface area contributed by atoms with Crippen molar-refractivity contribution in [2.75, 3.05) is 0 Å². The van der Waals surface area contributed by atoms with Crippen molar-refractivity contribution < 1.29 is 4.39 Å². The number of nitrogens with zero attached hydrogens (tertiary/aromatic N) is 1. The number of alkyl halides is 1. The van der Waals surface area contributed by atoms with E-state index in [0.717, 1.165) is 10.8 Å². The van der Waals surface area contributed by atoms with E-state index < -0.39 is 0 Å². The minimum absolute atomic E-state index is 0.183. The lowest BCUT2D eigenvalue weighted by atomic mass is 10.1. The highest BCUT2D eigenvalue weighted by atomic mass is 79.9. The SMILES string of the molecule is Fc1ccc2ccncc2c1CBr. The summed E-state index contributed by atoms with van der Waals surface area (Å²) in [7, 11) is 0. The molecule has 0 saturated carbocycles. The maximum atomic E-state index is 13.3. The van der Waals surface area contributed by atoms with Gasteiger partial charge >= 0.3 is 0 Å². The molecule has 1 aromatic carbocycles. The number of benzene rings is 1. The van der Waals surface area contributed by atoms with Crippen molar-refractivity contribution >= 4 is 26.7 Å². The third-order valence-electron chi connectivity index (χ3n) is 2.01. The van der Waals surface area contributed by atoms with Crippen LogP contribution in [0.4, 0.5) is 4.39 Å². The Kier molecular flexibility index (Phi) is 2.27. The molecule has 0 aliphatic rings. The first-order valence-corrected chi connectivity index (χ1v) is 5.02. The lowest BCUT2D eigenvalue weighted by Crippen LogP contribution is -1.88. The van der Waals surface area contributed by atoms with Crippen LogP contribution in [0.1, 0.15) is 5.56 Å². The van der Waals surface area contributed by atoms with Crippen molar-refractivity contribution in [3.05, 3.63) is 42.0 Å². The zero-order valence-electron chi connectivity index (χ0n) is 6.80. The molecule has 3 heteroatoms. The van der Waals surface area contributed by atoms with Gasteiger partial charge in [0.2, 0.25) is 0 Å². The highest BCUT2D eigenvalue weighted by molar-refractivity contribution is 9.08. The molecule has 0 spiro atoms. The molecule has 1 nitrogen and oxygen atoms in total. The van der Waals surface area contributed by atoms with Crippen LogP contribution in [0.5, 0.6) is 0 Å². The Bertz CT molecular complexity index is 442. The van der Waals surface area contributed by atoms with E-state index in [1.165, 1.54) is 6.07 Å². The van der Waals surface area contributed by atoms with Crippen LogP contribution in [0.15, 0.2) is 30.6 Å². The zero-order chi connectivity index (χ0) is 9.26. The Morgan fingerprint density at radius 3 is 2.92 bits per heavy atom. The summed E-state index contributed by atoms with van der Waals surface area (Å²) in [6.45, 7) is 0. The van der Waals surface area contributed by atoms with Crippen LogP contribution in [0.3, 0.4) is 0 Å². The second-order valence-corrected chi connectivity index (χ2v) is 3.32. The van der Waals surface area contributed by atoms with E-state index in [9.17, 15) is 4.39 Å². The van der Waals surface area contributed by atoms with E-state index in [4.69, 9.17) is 0 Å². The molecule has 0 N–H and O–H groups in total. The van der Waals surface area contributed by atoms with Gasteiger partial charge in [-0.05, 0) is 17.5 Å². The number of pyridine rings is 1. The van der Waals surface area contributed by atoms with Gasteiger partial charge in [0.1, 0.15) is 5.82 Å². The van der Waals surface area contributed by atoms with E-state index in [2.05, 4.69) is 20.9 Å². The van der Waals surface area contributed by atoms with Gasteiger partial charge in [0.15, 0.2) is 0 Å². The van der Waals surface area contributed by atoms with Crippen molar-refractivity contribution in [2.45, 2.75) is 5.33 Å². The van der Waals surface area contributed by atoms with E-state index in [-0.39, 0.29) is 5.82 Å². The fraction of sp³-hybridized carbons (Fsp3) is 0.100. The summed E-state index contributed by atoms with van der Waals surface area (Å²) in [5, 5.41) is 2.41. The van der Waals surface area contributed by atoms with Crippen LogP contribution in [-0.4, -0.2) is 4.98 Å². The molecule has 66 valence electrons. The number of hydrogen-bond donors (Lipinski definition) is 0. The predicted molar refractivity (Wildman–Crippen MR) is 54.3 cm³/mol. The number of halogens is 2. The Labute approximate surface area is 83.7 Å². The molecule has 0 bridgehead atoms. The number of hydrogen-bond acceptors (Lipinski definition) is 1. The molecule has 0 aliphatic carbocycles. The average molecular weight is 240 g/mol. The van der Waals surface area contributed by atoms with Crippen molar-refractivity contribution in [3.8, 4) is 0 Å².